The molecule has 0 amide bonds. The van der Waals surface area contributed by atoms with E-state index in [1.54, 1.807) is 17.6 Å². The van der Waals surface area contributed by atoms with E-state index in [1.165, 1.54) is 0 Å². The fourth-order valence-corrected chi connectivity index (χ4v) is 1.97. The number of carbonyl (C=O) groups is 1. The number of hydrogen-bond donors (Lipinski definition) is 1. The summed E-state index contributed by atoms with van der Waals surface area (Å²) in [7, 11) is 0. The zero-order valence-electron chi connectivity index (χ0n) is 11.4. The van der Waals surface area contributed by atoms with Gasteiger partial charge < -0.3 is 14.5 Å². The Morgan fingerprint density at radius 2 is 2.15 bits per heavy atom. The van der Waals surface area contributed by atoms with Crippen molar-refractivity contribution in [2.24, 2.45) is 0 Å². The van der Waals surface area contributed by atoms with Crippen LogP contribution in [-0.2, 0) is 16.1 Å². The molecule has 2 aromatic rings. The minimum Gasteiger partial charge on any atom is -0.466 e. The van der Waals surface area contributed by atoms with Crippen LogP contribution in [0.1, 0.15) is 13.3 Å². The van der Waals surface area contributed by atoms with Gasteiger partial charge in [0.05, 0.1) is 18.5 Å². The Morgan fingerprint density at radius 1 is 1.35 bits per heavy atom. The van der Waals surface area contributed by atoms with Crippen molar-refractivity contribution in [3.8, 4) is 0 Å². The summed E-state index contributed by atoms with van der Waals surface area (Å²) >= 11 is 0. The molecule has 0 unspecified atom stereocenters. The zero-order valence-corrected chi connectivity index (χ0v) is 11.4. The summed E-state index contributed by atoms with van der Waals surface area (Å²) in [6, 6.07) is 7.30. The van der Waals surface area contributed by atoms with Crippen LogP contribution in [-0.4, -0.2) is 30.2 Å². The lowest BCUT2D eigenvalue weighted by molar-refractivity contribution is -0.142. The molecular weight excluding hydrogens is 260 g/mol. The summed E-state index contributed by atoms with van der Waals surface area (Å²) in [6.45, 7) is 3.79. The third-order valence-corrected chi connectivity index (χ3v) is 2.90. The van der Waals surface area contributed by atoms with E-state index in [0.717, 1.165) is 5.52 Å². The lowest BCUT2D eigenvalue weighted by Gasteiger charge is -2.05. The third kappa shape index (κ3) is 3.48. The van der Waals surface area contributed by atoms with E-state index in [2.05, 4.69) is 5.32 Å². The van der Waals surface area contributed by atoms with Crippen molar-refractivity contribution in [3.63, 3.8) is 0 Å². The molecule has 0 saturated carbocycles. The number of esters is 1. The first-order valence-corrected chi connectivity index (χ1v) is 6.67. The highest BCUT2D eigenvalue weighted by atomic mass is 16.5. The van der Waals surface area contributed by atoms with Crippen LogP contribution in [0.3, 0.4) is 0 Å². The molecule has 6 heteroatoms. The van der Waals surface area contributed by atoms with Crippen molar-refractivity contribution in [3.05, 3.63) is 34.8 Å². The maximum absolute atomic E-state index is 11.7. The fraction of sp³-hybridized carbons (Fsp3) is 0.429. The van der Waals surface area contributed by atoms with Crippen LogP contribution in [0, 0.1) is 0 Å². The number of rotatable bonds is 7. The minimum atomic E-state index is -0.363. The van der Waals surface area contributed by atoms with E-state index >= 15 is 0 Å². The molecule has 1 N–H and O–H groups in total. The number of nitrogens with one attached hydrogen (secondary N) is 1. The largest absolute Gasteiger partial charge is 0.466 e. The van der Waals surface area contributed by atoms with Gasteiger partial charge in [0.25, 0.3) is 0 Å². The van der Waals surface area contributed by atoms with Crippen molar-refractivity contribution in [2.75, 3.05) is 19.7 Å². The van der Waals surface area contributed by atoms with Gasteiger partial charge in [-0.05, 0) is 19.1 Å². The van der Waals surface area contributed by atoms with E-state index in [0.29, 0.717) is 38.2 Å². The topological polar surface area (TPSA) is 73.5 Å². The molecule has 1 heterocycles. The zero-order chi connectivity index (χ0) is 14.4. The summed E-state index contributed by atoms with van der Waals surface area (Å²) in [4.78, 5) is 22.8. The summed E-state index contributed by atoms with van der Waals surface area (Å²) in [5.41, 5.74) is 1.37. The van der Waals surface area contributed by atoms with Crippen molar-refractivity contribution in [1.82, 2.24) is 9.88 Å². The number of carbonyl (C=O) groups excluding carboxylic acids is 1. The van der Waals surface area contributed by atoms with Crippen molar-refractivity contribution >= 4 is 17.1 Å². The Labute approximate surface area is 116 Å². The molecule has 0 saturated heterocycles. The molecule has 0 fully saturated rings. The Hall–Kier alpha value is -2.08. The van der Waals surface area contributed by atoms with E-state index in [1.807, 2.05) is 18.2 Å². The second kappa shape index (κ2) is 6.91. The van der Waals surface area contributed by atoms with Gasteiger partial charge in [-0.2, -0.15) is 0 Å². The molecule has 6 nitrogen and oxygen atoms in total. The second-order valence-corrected chi connectivity index (χ2v) is 4.29. The van der Waals surface area contributed by atoms with E-state index in [4.69, 9.17) is 9.15 Å². The average Bonchev–Trinajstić information content (AvgIpc) is 2.75. The van der Waals surface area contributed by atoms with Gasteiger partial charge in [-0.3, -0.25) is 9.36 Å². The first kappa shape index (κ1) is 14.3. The molecule has 0 aliphatic heterocycles. The number of aromatic nitrogens is 1. The maximum atomic E-state index is 11.7. The predicted octanol–water partition coefficient (Wildman–Crippen LogP) is 1.14. The quantitative estimate of drug-likeness (QED) is 0.607. The molecule has 0 aliphatic carbocycles. The Bertz CT molecular complexity index is 629. The average molecular weight is 278 g/mol. The van der Waals surface area contributed by atoms with Gasteiger partial charge in [0.2, 0.25) is 0 Å². The van der Waals surface area contributed by atoms with Crippen LogP contribution >= 0.6 is 0 Å². The molecule has 20 heavy (non-hydrogen) atoms. The molecule has 0 radical (unpaired) electrons. The van der Waals surface area contributed by atoms with E-state index in [9.17, 15) is 9.59 Å². The standard InChI is InChI=1S/C14H18N2O4/c1-2-19-13(17)7-8-15-9-10-16-11-5-3-4-6-12(11)20-14(16)18/h3-6,15H,2,7-10H2,1H3. The number of fused-ring (bicyclic) bond motifs is 1. The molecule has 0 spiro atoms. The lowest BCUT2D eigenvalue weighted by atomic mass is 10.3. The van der Waals surface area contributed by atoms with Crippen molar-refractivity contribution in [1.29, 1.82) is 0 Å². The Balaban J connectivity index is 1.83. The molecule has 0 bridgehead atoms. The van der Waals surface area contributed by atoms with Crippen LogP contribution < -0.4 is 11.1 Å². The van der Waals surface area contributed by atoms with Crippen LogP contribution in [0.2, 0.25) is 0 Å². The van der Waals surface area contributed by atoms with Gasteiger partial charge in [0.15, 0.2) is 5.58 Å². The van der Waals surface area contributed by atoms with Crippen LogP contribution in [0.25, 0.3) is 11.1 Å². The third-order valence-electron chi connectivity index (χ3n) is 2.90. The molecule has 108 valence electrons. The smallest absolute Gasteiger partial charge is 0.419 e. The summed E-state index contributed by atoms with van der Waals surface area (Å²) in [5.74, 6) is -0.579. The first-order valence-electron chi connectivity index (χ1n) is 6.67. The number of oxazole rings is 1. The highest BCUT2D eigenvalue weighted by Gasteiger charge is 2.07. The molecule has 0 atom stereocenters. The minimum absolute atomic E-state index is 0.217. The van der Waals surface area contributed by atoms with Crippen molar-refractivity contribution in [2.45, 2.75) is 19.9 Å². The van der Waals surface area contributed by atoms with E-state index in [-0.39, 0.29) is 11.7 Å². The van der Waals surface area contributed by atoms with Gasteiger partial charge in [-0.15, -0.1) is 0 Å². The van der Waals surface area contributed by atoms with Crippen LogP contribution in [0.5, 0.6) is 0 Å². The fourth-order valence-electron chi connectivity index (χ4n) is 1.97. The number of nitrogens with zero attached hydrogens (tertiary/aromatic N) is 1. The van der Waals surface area contributed by atoms with Crippen molar-refractivity contribution < 1.29 is 13.9 Å². The molecule has 0 aliphatic rings. The van der Waals surface area contributed by atoms with Gasteiger partial charge in [-0.25, -0.2) is 4.79 Å². The highest BCUT2D eigenvalue weighted by Crippen LogP contribution is 2.10. The lowest BCUT2D eigenvalue weighted by Crippen LogP contribution is -2.26. The summed E-state index contributed by atoms with van der Waals surface area (Å²) < 4.78 is 11.5. The number of ether oxygens (including phenoxy) is 1. The summed E-state index contributed by atoms with van der Waals surface area (Å²) in [6.07, 6.45) is 0.328. The van der Waals surface area contributed by atoms with Gasteiger partial charge >= 0.3 is 11.7 Å². The molecule has 1 aromatic heterocycles. The number of para-hydroxylation sites is 2. The normalized spacial score (nSPS) is 10.8. The van der Waals surface area contributed by atoms with Gasteiger partial charge in [-0.1, -0.05) is 12.1 Å². The number of hydrogen-bond acceptors (Lipinski definition) is 5. The monoisotopic (exact) mass is 278 g/mol. The Kier molecular flexibility index (Phi) is 4.95. The Morgan fingerprint density at radius 3 is 2.95 bits per heavy atom. The molecule has 1 aromatic carbocycles. The van der Waals surface area contributed by atoms with Crippen LogP contribution in [0.15, 0.2) is 33.5 Å². The molecular formula is C14H18N2O4. The highest BCUT2D eigenvalue weighted by molar-refractivity contribution is 5.72. The molecule has 2 rings (SSSR count). The second-order valence-electron chi connectivity index (χ2n) is 4.29. The first-order chi connectivity index (χ1) is 9.72. The SMILES string of the molecule is CCOC(=O)CCNCCn1c(=O)oc2ccccc21. The van der Waals surface area contributed by atoms with E-state index < -0.39 is 0 Å². The number of benzene rings is 1. The van der Waals surface area contributed by atoms with Crippen LogP contribution in [0.4, 0.5) is 0 Å². The van der Waals surface area contributed by atoms with Gasteiger partial charge in [0.1, 0.15) is 0 Å². The summed E-state index contributed by atoms with van der Waals surface area (Å²) in [5, 5.41) is 3.10. The maximum Gasteiger partial charge on any atom is 0.419 e. The van der Waals surface area contributed by atoms with Gasteiger partial charge in [0, 0.05) is 19.6 Å². The predicted molar refractivity (Wildman–Crippen MR) is 74.6 cm³/mol.